The molecule has 2 aliphatic heterocycles. The number of carbonyl (C=O) groups is 2. The van der Waals surface area contributed by atoms with E-state index >= 15 is 0 Å². The molecule has 2 aliphatic rings. The summed E-state index contributed by atoms with van der Waals surface area (Å²) in [4.78, 5) is 44.6. The second kappa shape index (κ2) is 20.8. The zero-order chi connectivity index (χ0) is 61.1. The second-order valence-electron chi connectivity index (χ2n) is 23.6. The third-order valence-electron chi connectivity index (χ3n) is 18.3. The van der Waals surface area contributed by atoms with E-state index in [0.717, 1.165) is 132 Å². The fourth-order valence-electron chi connectivity index (χ4n) is 14.3. The third kappa shape index (κ3) is 8.26. The molecule has 92 heavy (non-hydrogen) atoms. The lowest BCUT2D eigenvalue weighted by atomic mass is 9.34. The zero-order valence-corrected chi connectivity index (χ0v) is 49.2. The summed E-state index contributed by atoms with van der Waals surface area (Å²) in [7, 11) is 0. The van der Waals surface area contributed by atoms with E-state index in [1.807, 2.05) is 164 Å². The number of fused-ring (bicyclic) bond motifs is 13. The summed E-state index contributed by atoms with van der Waals surface area (Å²) in [6, 6.07) is 92.1. The fourth-order valence-corrected chi connectivity index (χ4v) is 14.3. The molecular weight excluding hydrogens is 1130 g/mol. The predicted octanol–water partition coefficient (Wildman–Crippen LogP) is 15.6. The van der Waals surface area contributed by atoms with Crippen LogP contribution in [-0.4, -0.2) is 47.3 Å². The van der Waals surface area contributed by atoms with Gasteiger partial charge in [-0.3, -0.25) is 0 Å². The maximum atomic E-state index is 14.6. The zero-order valence-electron chi connectivity index (χ0n) is 49.2. The van der Waals surface area contributed by atoms with Crippen molar-refractivity contribution in [1.82, 2.24) is 28.7 Å². The molecule has 0 aliphatic carbocycles. The Balaban J connectivity index is 0.864. The first kappa shape index (κ1) is 52.6. The van der Waals surface area contributed by atoms with E-state index in [9.17, 15) is 14.9 Å². The summed E-state index contributed by atoms with van der Waals surface area (Å²) in [5.41, 5.74) is 19.0. The summed E-state index contributed by atoms with van der Waals surface area (Å²) >= 11 is 0. The van der Waals surface area contributed by atoms with Crippen molar-refractivity contribution in [3.8, 4) is 68.4 Å². The fraction of sp³-hybridized carbons (Fsp3) is 0.0250. The van der Waals surface area contributed by atoms with Gasteiger partial charge in [0.1, 0.15) is 13.2 Å². The lowest BCUT2D eigenvalue weighted by molar-refractivity contribution is 0.0464. The van der Waals surface area contributed by atoms with Crippen LogP contribution in [0.3, 0.4) is 0 Å². The highest BCUT2D eigenvalue weighted by Gasteiger charge is 2.42. The second-order valence-corrected chi connectivity index (χ2v) is 23.6. The first-order valence-corrected chi connectivity index (χ1v) is 30.6. The molecule has 0 saturated carbocycles. The molecule has 0 bridgehead atoms. The number of aromatic nitrogens is 6. The summed E-state index contributed by atoms with van der Waals surface area (Å²) in [5, 5.41) is 16.4. The molecule has 0 spiro atoms. The highest BCUT2D eigenvalue weighted by molar-refractivity contribution is 7.00. The summed E-state index contributed by atoms with van der Waals surface area (Å²) in [6.45, 7) is -0.204. The lowest BCUT2D eigenvalue weighted by Crippen LogP contribution is -2.59. The maximum absolute atomic E-state index is 14.6. The first-order chi connectivity index (χ1) is 45.4. The lowest BCUT2D eigenvalue weighted by Gasteiger charge is -2.34. The molecule has 16 aromatic rings. The minimum Gasteiger partial charge on any atom is -0.457 e. The number of rotatable bonds is 11. The van der Waals surface area contributed by atoms with Gasteiger partial charge in [-0.15, -0.1) is 0 Å². The van der Waals surface area contributed by atoms with Gasteiger partial charge < -0.3 is 23.2 Å². The van der Waals surface area contributed by atoms with Crippen LogP contribution in [0.1, 0.15) is 37.4 Å². The molecule has 12 heteroatoms. The monoisotopic (exact) mass is 1180 g/mol. The Morgan fingerprint density at radius 3 is 1.34 bits per heavy atom. The van der Waals surface area contributed by atoms with Crippen molar-refractivity contribution >= 4 is 100 Å². The number of ether oxygens (including phenoxy) is 2. The third-order valence-corrected chi connectivity index (χ3v) is 18.3. The summed E-state index contributed by atoms with van der Waals surface area (Å²) in [6.07, 6.45) is 0. The van der Waals surface area contributed by atoms with Crippen molar-refractivity contribution in [2.75, 3.05) is 0 Å². The molecule has 12 aromatic carbocycles. The van der Waals surface area contributed by atoms with Crippen molar-refractivity contribution in [3.63, 3.8) is 0 Å². The molecule has 0 radical (unpaired) electrons. The van der Waals surface area contributed by atoms with Crippen molar-refractivity contribution in [1.29, 1.82) is 5.26 Å². The highest BCUT2D eigenvalue weighted by atomic mass is 16.5. The van der Waals surface area contributed by atoms with Crippen LogP contribution in [0.5, 0.6) is 0 Å². The van der Waals surface area contributed by atoms with E-state index < -0.39 is 18.7 Å². The molecule has 11 nitrogen and oxygen atoms in total. The molecule has 0 saturated heterocycles. The van der Waals surface area contributed by atoms with Crippen LogP contribution in [0, 0.1) is 11.3 Å². The summed E-state index contributed by atoms with van der Waals surface area (Å²) < 4.78 is 19.3. The first-order valence-electron chi connectivity index (χ1n) is 30.6. The Kier molecular flexibility index (Phi) is 11.9. The van der Waals surface area contributed by atoms with Gasteiger partial charge >= 0.3 is 11.9 Å². The highest BCUT2D eigenvalue weighted by Crippen LogP contribution is 2.44. The minimum atomic E-state index is -0.449. The van der Waals surface area contributed by atoms with Crippen LogP contribution in [0.4, 0.5) is 0 Å². The Labute approximate surface area is 527 Å². The number of hydrogen-bond donors (Lipinski definition) is 0. The van der Waals surface area contributed by atoms with Gasteiger partial charge in [-0.25, -0.2) is 24.5 Å². The number of para-hydroxylation sites is 3. The Morgan fingerprint density at radius 2 is 0.826 bits per heavy atom. The molecule has 18 rings (SSSR count). The largest absolute Gasteiger partial charge is 0.457 e. The Hall–Kier alpha value is -12.5. The number of hydrogen-bond acceptors (Lipinski definition) is 8. The van der Waals surface area contributed by atoms with Gasteiger partial charge in [-0.2, -0.15) is 5.26 Å². The smallest absolute Gasteiger partial charge is 0.338 e. The Bertz CT molecular complexity index is 5570. The van der Waals surface area contributed by atoms with Crippen molar-refractivity contribution in [2.24, 2.45) is 0 Å². The van der Waals surface area contributed by atoms with Gasteiger partial charge in [-0.1, -0.05) is 194 Å². The average molecular weight is 1180 g/mol. The molecule has 0 amide bonds. The quantitative estimate of drug-likeness (QED) is 0.0925. The molecule has 0 atom stereocenters. The van der Waals surface area contributed by atoms with Crippen molar-refractivity contribution in [2.45, 2.75) is 13.2 Å². The van der Waals surface area contributed by atoms with Crippen LogP contribution in [0.2, 0.25) is 0 Å². The number of carbonyl (C=O) groups excluding carboxylic acids is 2. The van der Waals surface area contributed by atoms with Gasteiger partial charge in [-0.05, 0) is 111 Å². The van der Waals surface area contributed by atoms with Gasteiger partial charge in [0.2, 0.25) is 0 Å². The molecule has 6 heterocycles. The maximum Gasteiger partial charge on any atom is 0.338 e. The van der Waals surface area contributed by atoms with Gasteiger partial charge in [0.05, 0.1) is 50.5 Å². The van der Waals surface area contributed by atoms with Crippen LogP contribution in [0.15, 0.2) is 267 Å². The minimum absolute atomic E-state index is 0.122. The molecule has 4 aromatic heterocycles. The van der Waals surface area contributed by atoms with Crippen LogP contribution < -0.4 is 16.4 Å². The molecular formula is C80H48BN7O4. The van der Waals surface area contributed by atoms with Crippen molar-refractivity contribution in [3.05, 3.63) is 295 Å². The topological polar surface area (TPSA) is 130 Å². The number of nitrogens with zero attached hydrogens (tertiary/aromatic N) is 7. The van der Waals surface area contributed by atoms with E-state index in [-0.39, 0.29) is 13.2 Å². The van der Waals surface area contributed by atoms with Crippen molar-refractivity contribution < 1.29 is 19.1 Å². The van der Waals surface area contributed by atoms with E-state index in [0.29, 0.717) is 39.7 Å². The molecule has 0 N–H and O–H groups in total. The van der Waals surface area contributed by atoms with Crippen LogP contribution in [0.25, 0.3) is 128 Å². The van der Waals surface area contributed by atoms with E-state index in [1.165, 1.54) is 0 Å². The van der Waals surface area contributed by atoms with Gasteiger partial charge in [0, 0.05) is 71.4 Å². The van der Waals surface area contributed by atoms with E-state index in [2.05, 4.69) is 123 Å². The van der Waals surface area contributed by atoms with E-state index in [4.69, 9.17) is 24.4 Å². The number of nitriles is 1. The molecule has 0 fully saturated rings. The molecule has 430 valence electrons. The van der Waals surface area contributed by atoms with E-state index in [1.54, 1.807) is 0 Å². The SMILES string of the molecule is N#Cc1ccc(-n2c3ccccc3c3cc(-c4cc5c6c(c4)-n4c7ccccc7c7cc(C(=O)OCc8ccccc8)cc(c74)B6c4cc(C(=O)OCc6ccccc6)cc6c7ccccc7n-5c46)ccc32)c(-c2nc(-c3ccccc3)nc(-c3ccccc3)n2)c1. The summed E-state index contributed by atoms with van der Waals surface area (Å²) in [5.74, 6) is 0.629. The predicted molar refractivity (Wildman–Crippen MR) is 365 cm³/mol. The number of esters is 2. The normalized spacial score (nSPS) is 12.1. The van der Waals surface area contributed by atoms with Crippen LogP contribution >= 0.6 is 0 Å². The number of benzene rings is 12. The van der Waals surface area contributed by atoms with Gasteiger partial charge in [0.15, 0.2) is 17.5 Å². The van der Waals surface area contributed by atoms with Gasteiger partial charge in [0.25, 0.3) is 6.71 Å². The molecule has 0 unspecified atom stereocenters. The average Bonchev–Trinajstić information content (AvgIpc) is 1.43. The standard InChI is InChI=1S/C80H48BN7O4/c82-45-50-33-35-70(63(37-50)78-84-76(51-23-9-3-10-24-51)83-77(85-78)52-25-11-4-12-26-52)86-66-30-16-13-27-57(66)60-38-53(34-36-69(60)86)54-43-71-73-72(44-54)88-68-32-18-15-29-59(68)62-40-56(80(90)92-47-49-21-7-2-8-22-49)42-65(75(62)88)81(73)64-41-55(79(89)91-46-48-19-5-1-6-20-48)39-61-58-28-14-17-31-67(58)87(71)74(61)64/h1-44H,46-47H2. The Morgan fingerprint density at radius 1 is 0.380 bits per heavy atom. The van der Waals surface area contributed by atoms with Crippen LogP contribution in [-0.2, 0) is 22.7 Å².